The highest BCUT2D eigenvalue weighted by atomic mass is 32.2. The van der Waals surface area contributed by atoms with Crippen LogP contribution in [0.25, 0.3) is 0 Å². The van der Waals surface area contributed by atoms with Gasteiger partial charge in [-0.2, -0.15) is 0 Å². The molecule has 0 saturated carbocycles. The van der Waals surface area contributed by atoms with Crippen LogP contribution >= 0.6 is 11.8 Å². The van der Waals surface area contributed by atoms with Gasteiger partial charge in [-0.25, -0.2) is 0 Å². The second kappa shape index (κ2) is 6.87. The third-order valence-corrected chi connectivity index (χ3v) is 6.46. The predicted octanol–water partition coefficient (Wildman–Crippen LogP) is 3.67. The van der Waals surface area contributed by atoms with E-state index in [0.29, 0.717) is 17.5 Å². The average molecular weight is 340 g/mol. The number of thioether (sulfide) groups is 1. The van der Waals surface area contributed by atoms with Crippen LogP contribution < -0.4 is 0 Å². The Balaban J connectivity index is 1.24. The summed E-state index contributed by atoms with van der Waals surface area (Å²) in [6.45, 7) is 6.25. The van der Waals surface area contributed by atoms with Crippen LogP contribution in [0.2, 0.25) is 0 Å². The summed E-state index contributed by atoms with van der Waals surface area (Å²) >= 11 is 2.11. The Morgan fingerprint density at radius 3 is 2.96 bits per heavy atom. The van der Waals surface area contributed by atoms with Gasteiger partial charge in [-0.05, 0) is 31.0 Å². The van der Waals surface area contributed by atoms with Crippen molar-refractivity contribution in [3.63, 3.8) is 0 Å². The number of benzene rings is 1. The van der Waals surface area contributed by atoms with Gasteiger partial charge in [-0.1, -0.05) is 35.9 Å². The largest absolute Gasteiger partial charge is 0.371 e. The molecular weight excluding hydrogens is 316 g/mol. The van der Waals surface area contributed by atoms with Crippen molar-refractivity contribution in [3.8, 4) is 0 Å². The van der Waals surface area contributed by atoms with Gasteiger partial charge in [0.2, 0.25) is 0 Å². The lowest BCUT2D eigenvalue weighted by Gasteiger charge is -2.47. The van der Waals surface area contributed by atoms with Gasteiger partial charge in [-0.15, -0.1) is 11.8 Å². The molecule has 24 heavy (non-hydrogen) atoms. The molecule has 2 saturated heterocycles. The number of rotatable bonds is 5. The quantitative estimate of drug-likeness (QED) is 0.829. The molecule has 0 radical (unpaired) electrons. The number of nitrogens with zero attached hydrogens (tertiary/aromatic N) is 2. The van der Waals surface area contributed by atoms with Crippen molar-refractivity contribution in [2.45, 2.75) is 37.3 Å². The van der Waals surface area contributed by atoms with Gasteiger partial charge >= 0.3 is 0 Å². The molecule has 0 unspecified atom stereocenters. The highest BCUT2D eigenvalue weighted by Crippen LogP contribution is 2.46. The third kappa shape index (κ3) is 3.66. The third-order valence-electron chi connectivity index (χ3n) is 4.88. The molecule has 0 N–H and O–H groups in total. The van der Waals surface area contributed by atoms with Crippen LogP contribution in [-0.4, -0.2) is 39.6 Å². The van der Waals surface area contributed by atoms with E-state index in [1.54, 1.807) is 0 Å². The molecule has 4 rings (SSSR count). The van der Waals surface area contributed by atoms with Gasteiger partial charge in [-0.3, -0.25) is 9.88 Å². The van der Waals surface area contributed by atoms with Crippen LogP contribution in [0, 0.1) is 6.92 Å². The van der Waals surface area contributed by atoms with Gasteiger partial charge in [0.15, 0.2) is 0 Å². The number of ether oxygens (including phenoxy) is 1. The smallest absolute Gasteiger partial charge is 0.0892 e. The normalized spacial score (nSPS) is 22.6. The number of aromatic nitrogens is 1. The second-order valence-electron chi connectivity index (χ2n) is 7.09. The Hall–Kier alpha value is -1.36. The van der Waals surface area contributed by atoms with E-state index in [4.69, 9.17) is 4.74 Å². The fourth-order valence-electron chi connectivity index (χ4n) is 3.77. The molecule has 1 atom stereocenters. The first kappa shape index (κ1) is 16.1. The highest BCUT2D eigenvalue weighted by Gasteiger charge is 2.49. The Morgan fingerprint density at radius 1 is 1.25 bits per heavy atom. The maximum atomic E-state index is 6.09. The molecule has 0 amide bonds. The van der Waals surface area contributed by atoms with E-state index in [-0.39, 0.29) is 0 Å². The van der Waals surface area contributed by atoms with E-state index in [1.165, 1.54) is 30.6 Å². The SMILES string of the molecule is Cc1cccc(CN2CC3(C[C@@H](OCc4ccccn4)CS3)C2)c1. The molecule has 1 spiro atoms. The van der Waals surface area contributed by atoms with E-state index in [0.717, 1.165) is 18.0 Å². The highest BCUT2D eigenvalue weighted by molar-refractivity contribution is 8.01. The maximum Gasteiger partial charge on any atom is 0.0892 e. The second-order valence-corrected chi connectivity index (χ2v) is 8.57. The fraction of sp³-hybridized carbons (Fsp3) is 0.450. The molecule has 2 aliphatic heterocycles. The summed E-state index contributed by atoms with van der Waals surface area (Å²) in [5.74, 6) is 1.12. The average Bonchev–Trinajstić information content (AvgIpc) is 2.98. The molecule has 0 bridgehead atoms. The van der Waals surface area contributed by atoms with E-state index in [2.05, 4.69) is 52.8 Å². The van der Waals surface area contributed by atoms with Gasteiger partial charge < -0.3 is 4.74 Å². The van der Waals surface area contributed by atoms with Crippen molar-refractivity contribution >= 4 is 11.8 Å². The van der Waals surface area contributed by atoms with Crippen LogP contribution in [0.5, 0.6) is 0 Å². The molecular formula is C20H24N2OS. The Kier molecular flexibility index (Phi) is 4.61. The van der Waals surface area contributed by atoms with Gasteiger partial charge in [0.25, 0.3) is 0 Å². The number of hydrogen-bond acceptors (Lipinski definition) is 4. The Morgan fingerprint density at radius 2 is 2.17 bits per heavy atom. The van der Waals surface area contributed by atoms with Crippen LogP contribution in [0.15, 0.2) is 48.7 Å². The first-order valence-electron chi connectivity index (χ1n) is 8.64. The minimum Gasteiger partial charge on any atom is -0.371 e. The molecule has 3 heterocycles. The summed E-state index contributed by atoms with van der Waals surface area (Å²) in [7, 11) is 0. The minimum atomic E-state index is 0.373. The number of aryl methyl sites for hydroxylation is 1. The minimum absolute atomic E-state index is 0.373. The zero-order valence-corrected chi connectivity index (χ0v) is 15.0. The predicted molar refractivity (Wildman–Crippen MR) is 99.1 cm³/mol. The van der Waals surface area contributed by atoms with Crippen molar-refractivity contribution in [1.29, 1.82) is 0 Å². The molecule has 3 nitrogen and oxygen atoms in total. The summed E-state index contributed by atoms with van der Waals surface area (Å²) in [5, 5.41) is 0. The number of pyridine rings is 1. The van der Waals surface area contributed by atoms with Crippen LogP contribution in [-0.2, 0) is 17.9 Å². The zero-order valence-electron chi connectivity index (χ0n) is 14.1. The van der Waals surface area contributed by atoms with E-state index in [9.17, 15) is 0 Å². The summed E-state index contributed by atoms with van der Waals surface area (Å²) in [6, 6.07) is 14.9. The van der Waals surface area contributed by atoms with Crippen molar-refractivity contribution in [2.75, 3.05) is 18.8 Å². The van der Waals surface area contributed by atoms with Crippen molar-refractivity contribution in [2.24, 2.45) is 0 Å². The number of likely N-dealkylation sites (tertiary alicyclic amines) is 1. The fourth-order valence-corrected chi connectivity index (χ4v) is 5.37. The molecule has 0 aliphatic carbocycles. The monoisotopic (exact) mass is 340 g/mol. The summed E-state index contributed by atoms with van der Waals surface area (Å²) in [5.41, 5.74) is 3.80. The van der Waals surface area contributed by atoms with E-state index < -0.39 is 0 Å². The van der Waals surface area contributed by atoms with Gasteiger partial charge in [0.05, 0.1) is 18.4 Å². The summed E-state index contributed by atoms with van der Waals surface area (Å²) < 4.78 is 6.52. The lowest BCUT2D eigenvalue weighted by molar-refractivity contribution is 0.0251. The van der Waals surface area contributed by atoms with Gasteiger partial charge in [0, 0.05) is 36.3 Å². The van der Waals surface area contributed by atoms with E-state index in [1.807, 2.05) is 24.4 Å². The summed E-state index contributed by atoms with van der Waals surface area (Å²) in [6.07, 6.45) is 3.38. The van der Waals surface area contributed by atoms with Crippen molar-refractivity contribution < 1.29 is 4.74 Å². The summed E-state index contributed by atoms with van der Waals surface area (Å²) in [4.78, 5) is 6.89. The molecule has 1 aromatic heterocycles. The van der Waals surface area contributed by atoms with Crippen LogP contribution in [0.3, 0.4) is 0 Å². The van der Waals surface area contributed by atoms with E-state index >= 15 is 0 Å². The Bertz CT molecular complexity index is 685. The number of hydrogen-bond donors (Lipinski definition) is 0. The lowest BCUT2D eigenvalue weighted by atomic mass is 9.92. The first-order chi connectivity index (χ1) is 11.7. The molecule has 4 heteroatoms. The molecule has 2 aliphatic rings. The topological polar surface area (TPSA) is 25.4 Å². The standard InChI is InChI=1S/C20H24N2OS/c1-16-5-4-6-17(9-16)11-22-14-20(15-22)10-19(13-24-20)23-12-18-7-2-3-8-21-18/h2-9,19H,10-15H2,1H3/t19-/m1/s1. The zero-order chi connectivity index (χ0) is 16.4. The first-order valence-corrected chi connectivity index (χ1v) is 9.63. The van der Waals surface area contributed by atoms with Crippen LogP contribution in [0.1, 0.15) is 23.2 Å². The molecule has 2 aromatic rings. The lowest BCUT2D eigenvalue weighted by Crippen LogP contribution is -2.58. The van der Waals surface area contributed by atoms with Gasteiger partial charge in [0.1, 0.15) is 0 Å². The van der Waals surface area contributed by atoms with Crippen molar-refractivity contribution in [3.05, 3.63) is 65.5 Å². The maximum absolute atomic E-state index is 6.09. The molecule has 2 fully saturated rings. The Labute approximate surface area is 148 Å². The van der Waals surface area contributed by atoms with Crippen LogP contribution in [0.4, 0.5) is 0 Å². The molecule has 126 valence electrons. The molecule has 1 aromatic carbocycles. The van der Waals surface area contributed by atoms with Crippen molar-refractivity contribution in [1.82, 2.24) is 9.88 Å².